The number of halogens is 3. The molecule has 1 N–H and O–H groups in total. The lowest BCUT2D eigenvalue weighted by Gasteiger charge is -2.19. The smallest absolute Gasteiger partial charge is 0.356 e. The van der Waals surface area contributed by atoms with E-state index in [9.17, 15) is 22.8 Å². The summed E-state index contributed by atoms with van der Waals surface area (Å²) in [5.41, 5.74) is -0.287. The molecule has 1 aromatic rings. The molecule has 1 fully saturated rings. The lowest BCUT2D eigenvalue weighted by Crippen LogP contribution is -2.36. The van der Waals surface area contributed by atoms with Gasteiger partial charge >= 0.3 is 6.18 Å². The normalized spacial score (nSPS) is 19.8. The molecule has 1 heterocycles. The minimum Gasteiger partial charge on any atom is -0.356 e. The Morgan fingerprint density at radius 1 is 1.14 bits per heavy atom. The lowest BCUT2D eigenvalue weighted by molar-refractivity contribution is -0.137. The third-order valence-corrected chi connectivity index (χ3v) is 5.26. The summed E-state index contributed by atoms with van der Waals surface area (Å²) in [5.74, 6) is -0.660. The number of likely N-dealkylation sites (tertiary alicyclic amines) is 1. The van der Waals surface area contributed by atoms with E-state index in [1.807, 2.05) is 13.8 Å². The molecular formula is C22H31F3N2O2. The van der Waals surface area contributed by atoms with Gasteiger partial charge < -0.3 is 10.2 Å². The van der Waals surface area contributed by atoms with Crippen LogP contribution in [0, 0.1) is 17.8 Å². The van der Waals surface area contributed by atoms with Crippen molar-refractivity contribution in [3.05, 3.63) is 35.4 Å². The number of rotatable bonds is 7. The molecule has 29 heavy (non-hydrogen) atoms. The van der Waals surface area contributed by atoms with Crippen molar-refractivity contribution in [2.45, 2.75) is 52.6 Å². The van der Waals surface area contributed by atoms with Gasteiger partial charge in [-0.2, -0.15) is 13.2 Å². The number of nitrogens with one attached hydrogen (secondary N) is 1. The van der Waals surface area contributed by atoms with Crippen molar-refractivity contribution < 1.29 is 22.8 Å². The zero-order chi connectivity index (χ0) is 21.8. The number of benzene rings is 1. The van der Waals surface area contributed by atoms with E-state index in [-0.39, 0.29) is 30.8 Å². The van der Waals surface area contributed by atoms with E-state index in [0.29, 0.717) is 24.4 Å². The fourth-order valence-electron chi connectivity index (χ4n) is 3.65. The fraction of sp³-hybridized carbons (Fsp3) is 0.636. The van der Waals surface area contributed by atoms with Gasteiger partial charge in [0.15, 0.2) is 0 Å². The standard InChI is InChI=1S/C22H31F3N2O2/c1-14(2)8-9-26-21(29)19-13-27(20(28)10-15(3)4)12-18(19)16-6-5-7-17(11-16)22(23,24)25/h5-7,11,14-15,18-19H,8-10,12-13H2,1-4H3,(H,26,29)/t18-,19+/m1/s1. The van der Waals surface area contributed by atoms with Crippen LogP contribution in [-0.4, -0.2) is 36.3 Å². The summed E-state index contributed by atoms with van der Waals surface area (Å²) in [4.78, 5) is 27.0. The van der Waals surface area contributed by atoms with Crippen LogP contribution in [0.4, 0.5) is 13.2 Å². The quantitative estimate of drug-likeness (QED) is 0.719. The van der Waals surface area contributed by atoms with Crippen LogP contribution < -0.4 is 5.32 Å². The Labute approximate surface area is 170 Å². The Kier molecular flexibility index (Phi) is 7.72. The van der Waals surface area contributed by atoms with Gasteiger partial charge in [0, 0.05) is 32.0 Å². The molecule has 7 heteroatoms. The molecule has 2 rings (SSSR count). The topological polar surface area (TPSA) is 49.4 Å². The van der Waals surface area contributed by atoms with Crippen molar-refractivity contribution in [1.29, 1.82) is 0 Å². The summed E-state index contributed by atoms with van der Waals surface area (Å²) in [6.45, 7) is 9.00. The van der Waals surface area contributed by atoms with Crippen molar-refractivity contribution in [3.8, 4) is 0 Å². The summed E-state index contributed by atoms with van der Waals surface area (Å²) < 4.78 is 39.5. The van der Waals surface area contributed by atoms with E-state index in [0.717, 1.165) is 18.6 Å². The molecule has 0 spiro atoms. The molecule has 1 aliphatic heterocycles. The Hall–Kier alpha value is -2.05. The van der Waals surface area contributed by atoms with Crippen LogP contribution in [0.1, 0.15) is 57.6 Å². The van der Waals surface area contributed by atoms with Gasteiger partial charge in [0.05, 0.1) is 11.5 Å². The van der Waals surface area contributed by atoms with Crippen LogP contribution >= 0.6 is 0 Å². The zero-order valence-electron chi connectivity index (χ0n) is 17.6. The van der Waals surface area contributed by atoms with Crippen molar-refractivity contribution >= 4 is 11.8 Å². The first kappa shape index (κ1) is 23.2. The maximum absolute atomic E-state index is 13.2. The molecule has 4 nitrogen and oxygen atoms in total. The molecule has 1 aromatic carbocycles. The third-order valence-electron chi connectivity index (χ3n) is 5.26. The molecule has 0 saturated carbocycles. The van der Waals surface area contributed by atoms with E-state index in [1.165, 1.54) is 6.07 Å². The first-order valence-corrected chi connectivity index (χ1v) is 10.2. The number of alkyl halides is 3. The average Bonchev–Trinajstić information content (AvgIpc) is 3.06. The second kappa shape index (κ2) is 9.63. The van der Waals surface area contributed by atoms with Crippen LogP contribution in [0.15, 0.2) is 24.3 Å². The molecule has 0 unspecified atom stereocenters. The number of carbonyl (C=O) groups excluding carboxylic acids is 2. The highest BCUT2D eigenvalue weighted by atomic mass is 19.4. The van der Waals surface area contributed by atoms with Crippen LogP contribution in [-0.2, 0) is 15.8 Å². The number of hydrogen-bond acceptors (Lipinski definition) is 2. The SMILES string of the molecule is CC(C)CCNC(=O)[C@H]1CN(C(=O)CC(C)C)C[C@@H]1c1cccc(C(F)(F)F)c1. The monoisotopic (exact) mass is 412 g/mol. The largest absolute Gasteiger partial charge is 0.416 e. The van der Waals surface area contributed by atoms with Gasteiger partial charge in [0.2, 0.25) is 11.8 Å². The summed E-state index contributed by atoms with van der Waals surface area (Å²) >= 11 is 0. The van der Waals surface area contributed by atoms with Crippen molar-refractivity contribution in [3.63, 3.8) is 0 Å². The predicted molar refractivity (Wildman–Crippen MR) is 106 cm³/mol. The number of nitrogens with zero attached hydrogens (tertiary/aromatic N) is 1. The molecule has 1 saturated heterocycles. The zero-order valence-corrected chi connectivity index (χ0v) is 17.6. The Balaban J connectivity index is 2.25. The summed E-state index contributed by atoms with van der Waals surface area (Å²) in [7, 11) is 0. The van der Waals surface area contributed by atoms with Crippen LogP contribution in [0.5, 0.6) is 0 Å². The summed E-state index contributed by atoms with van der Waals surface area (Å²) in [5, 5.41) is 2.90. The Bertz CT molecular complexity index is 716. The van der Waals surface area contributed by atoms with Crippen molar-refractivity contribution in [2.75, 3.05) is 19.6 Å². The maximum atomic E-state index is 13.2. The summed E-state index contributed by atoms with van der Waals surface area (Å²) in [6, 6.07) is 5.11. The van der Waals surface area contributed by atoms with E-state index in [1.54, 1.807) is 11.0 Å². The van der Waals surface area contributed by atoms with E-state index < -0.39 is 23.6 Å². The highest BCUT2D eigenvalue weighted by molar-refractivity contribution is 5.83. The van der Waals surface area contributed by atoms with E-state index in [2.05, 4.69) is 19.2 Å². The average molecular weight is 412 g/mol. The number of amides is 2. The molecule has 162 valence electrons. The van der Waals surface area contributed by atoms with Gasteiger partial charge in [-0.1, -0.05) is 45.9 Å². The molecule has 0 aliphatic carbocycles. The van der Waals surface area contributed by atoms with Gasteiger partial charge in [0.1, 0.15) is 0 Å². The number of carbonyl (C=O) groups is 2. The third kappa shape index (κ3) is 6.47. The first-order chi connectivity index (χ1) is 13.5. The van der Waals surface area contributed by atoms with Gasteiger partial charge in [-0.05, 0) is 29.9 Å². The minimum absolute atomic E-state index is 0.0607. The lowest BCUT2D eigenvalue weighted by atomic mass is 9.87. The Morgan fingerprint density at radius 3 is 2.41 bits per heavy atom. The van der Waals surface area contributed by atoms with Gasteiger partial charge in [0.25, 0.3) is 0 Å². The molecule has 2 atom stereocenters. The van der Waals surface area contributed by atoms with Gasteiger partial charge in [-0.25, -0.2) is 0 Å². The maximum Gasteiger partial charge on any atom is 0.416 e. The fourth-order valence-corrected chi connectivity index (χ4v) is 3.65. The van der Waals surface area contributed by atoms with Crippen LogP contribution in [0.25, 0.3) is 0 Å². The highest BCUT2D eigenvalue weighted by Crippen LogP contribution is 2.37. The number of hydrogen-bond donors (Lipinski definition) is 1. The minimum atomic E-state index is -4.45. The molecule has 0 radical (unpaired) electrons. The second-order valence-electron chi connectivity index (χ2n) is 8.71. The van der Waals surface area contributed by atoms with Crippen LogP contribution in [0.3, 0.4) is 0 Å². The highest BCUT2D eigenvalue weighted by Gasteiger charge is 2.41. The molecule has 0 aromatic heterocycles. The summed E-state index contributed by atoms with van der Waals surface area (Å²) in [6.07, 6.45) is -3.27. The first-order valence-electron chi connectivity index (χ1n) is 10.2. The van der Waals surface area contributed by atoms with Gasteiger partial charge in [-0.3, -0.25) is 9.59 Å². The van der Waals surface area contributed by atoms with E-state index >= 15 is 0 Å². The Morgan fingerprint density at radius 2 is 1.83 bits per heavy atom. The van der Waals surface area contributed by atoms with Gasteiger partial charge in [-0.15, -0.1) is 0 Å². The molecule has 0 bridgehead atoms. The van der Waals surface area contributed by atoms with Crippen LogP contribution in [0.2, 0.25) is 0 Å². The molecule has 1 aliphatic rings. The predicted octanol–water partition coefficient (Wildman–Crippen LogP) is 4.46. The van der Waals surface area contributed by atoms with Crippen molar-refractivity contribution in [2.24, 2.45) is 17.8 Å². The second-order valence-corrected chi connectivity index (χ2v) is 8.71. The van der Waals surface area contributed by atoms with E-state index in [4.69, 9.17) is 0 Å². The molecule has 2 amide bonds. The molecular weight excluding hydrogens is 381 g/mol. The van der Waals surface area contributed by atoms with Crippen molar-refractivity contribution in [1.82, 2.24) is 10.2 Å².